The fourth-order valence-electron chi connectivity index (χ4n) is 0.895. The average Bonchev–Trinajstić information content (AvgIpc) is 1.97. The van der Waals surface area contributed by atoms with Crippen molar-refractivity contribution in [3.63, 3.8) is 0 Å². The number of sulfonamides is 1. The molecular weight excluding hydrogens is 188 g/mol. The zero-order valence-electron chi connectivity index (χ0n) is 8.32. The van der Waals surface area contributed by atoms with E-state index in [1.807, 2.05) is 19.9 Å². The second-order valence-electron chi connectivity index (χ2n) is 3.40. The van der Waals surface area contributed by atoms with Crippen molar-refractivity contribution in [3.05, 3.63) is 0 Å². The Morgan fingerprint density at radius 2 is 2.00 bits per heavy atom. The molecular formula is C8H16N2O2S. The summed E-state index contributed by atoms with van der Waals surface area (Å²) in [5.74, 6) is 0.268. The van der Waals surface area contributed by atoms with E-state index in [1.165, 1.54) is 11.4 Å². The Balaban J connectivity index is 4.22. The quantitative estimate of drug-likeness (QED) is 0.666. The zero-order chi connectivity index (χ0) is 10.5. The molecule has 0 aromatic heterocycles. The van der Waals surface area contributed by atoms with E-state index in [2.05, 4.69) is 0 Å². The van der Waals surface area contributed by atoms with E-state index in [0.29, 0.717) is 0 Å². The van der Waals surface area contributed by atoms with Crippen LogP contribution in [-0.2, 0) is 10.0 Å². The van der Waals surface area contributed by atoms with Gasteiger partial charge in [0.15, 0.2) is 0 Å². The molecule has 0 aromatic carbocycles. The number of hydrogen-bond acceptors (Lipinski definition) is 3. The Bertz CT molecular complexity index is 277. The summed E-state index contributed by atoms with van der Waals surface area (Å²) >= 11 is 0. The van der Waals surface area contributed by atoms with Gasteiger partial charge in [-0.1, -0.05) is 13.8 Å². The van der Waals surface area contributed by atoms with Crippen LogP contribution in [-0.4, -0.2) is 32.1 Å². The topological polar surface area (TPSA) is 61.2 Å². The summed E-state index contributed by atoms with van der Waals surface area (Å²) in [6.07, 6.45) is 0.244. The molecule has 0 amide bonds. The van der Waals surface area contributed by atoms with Gasteiger partial charge in [0.25, 0.3) is 0 Å². The Morgan fingerprint density at radius 1 is 1.46 bits per heavy atom. The molecule has 0 aliphatic heterocycles. The zero-order valence-corrected chi connectivity index (χ0v) is 9.13. The van der Waals surface area contributed by atoms with Crippen molar-refractivity contribution < 1.29 is 8.42 Å². The van der Waals surface area contributed by atoms with E-state index < -0.39 is 10.0 Å². The van der Waals surface area contributed by atoms with Gasteiger partial charge in [-0.15, -0.1) is 0 Å². The maximum Gasteiger partial charge on any atom is 0.214 e. The largest absolute Gasteiger partial charge is 0.214 e. The molecule has 0 aliphatic rings. The predicted molar refractivity (Wildman–Crippen MR) is 51.5 cm³/mol. The van der Waals surface area contributed by atoms with Crippen molar-refractivity contribution in [3.8, 4) is 6.07 Å². The molecule has 4 nitrogen and oxygen atoms in total. The van der Waals surface area contributed by atoms with Crippen LogP contribution in [0, 0.1) is 17.2 Å². The monoisotopic (exact) mass is 204 g/mol. The van der Waals surface area contributed by atoms with Crippen molar-refractivity contribution in [2.24, 2.45) is 5.92 Å². The Morgan fingerprint density at radius 3 is 2.38 bits per heavy atom. The van der Waals surface area contributed by atoms with Gasteiger partial charge in [0.2, 0.25) is 10.0 Å². The molecule has 0 radical (unpaired) electrons. The van der Waals surface area contributed by atoms with Crippen molar-refractivity contribution in [1.29, 1.82) is 5.26 Å². The minimum Gasteiger partial charge on any atom is -0.212 e. The van der Waals surface area contributed by atoms with Crippen LogP contribution >= 0.6 is 0 Å². The van der Waals surface area contributed by atoms with Crippen LogP contribution in [0.25, 0.3) is 0 Å². The molecule has 13 heavy (non-hydrogen) atoms. The van der Waals surface area contributed by atoms with Gasteiger partial charge in [-0.25, -0.2) is 12.7 Å². The minimum atomic E-state index is -3.15. The van der Waals surface area contributed by atoms with Crippen LogP contribution in [0.5, 0.6) is 0 Å². The SMILES string of the molecule is CC(C)CS(=O)(=O)N(C)CCC#N. The van der Waals surface area contributed by atoms with Crippen LogP contribution in [0.2, 0.25) is 0 Å². The molecule has 76 valence electrons. The lowest BCUT2D eigenvalue weighted by Crippen LogP contribution is -2.31. The smallest absolute Gasteiger partial charge is 0.212 e. The highest BCUT2D eigenvalue weighted by atomic mass is 32.2. The average molecular weight is 204 g/mol. The van der Waals surface area contributed by atoms with Gasteiger partial charge in [-0.05, 0) is 5.92 Å². The highest BCUT2D eigenvalue weighted by Gasteiger charge is 2.18. The first-order valence-corrected chi connectivity index (χ1v) is 5.82. The lowest BCUT2D eigenvalue weighted by molar-refractivity contribution is 0.469. The van der Waals surface area contributed by atoms with Crippen molar-refractivity contribution >= 4 is 10.0 Å². The molecule has 0 saturated carbocycles. The molecule has 0 bridgehead atoms. The third kappa shape index (κ3) is 4.86. The molecule has 0 rings (SSSR count). The standard InChI is InChI=1S/C8H16N2O2S/c1-8(2)7-13(11,12)10(3)6-4-5-9/h8H,4,6-7H2,1-3H3. The molecule has 5 heteroatoms. The lowest BCUT2D eigenvalue weighted by atomic mass is 10.3. The third-order valence-electron chi connectivity index (χ3n) is 1.56. The molecule has 0 unspecified atom stereocenters. The second kappa shape index (κ2) is 5.20. The maximum atomic E-state index is 11.5. The molecule has 0 atom stereocenters. The highest BCUT2D eigenvalue weighted by molar-refractivity contribution is 7.89. The summed E-state index contributed by atoms with van der Waals surface area (Å²) in [5, 5.41) is 8.29. The first-order valence-electron chi connectivity index (χ1n) is 4.21. The van der Waals surface area contributed by atoms with E-state index in [1.54, 1.807) is 0 Å². The van der Waals surface area contributed by atoms with E-state index in [0.717, 1.165) is 0 Å². The van der Waals surface area contributed by atoms with Gasteiger partial charge in [0.1, 0.15) is 0 Å². The van der Waals surface area contributed by atoms with E-state index in [-0.39, 0.29) is 24.6 Å². The van der Waals surface area contributed by atoms with Crippen LogP contribution in [0.4, 0.5) is 0 Å². The van der Waals surface area contributed by atoms with Crippen LogP contribution < -0.4 is 0 Å². The number of rotatable bonds is 5. The number of nitriles is 1. The number of hydrogen-bond donors (Lipinski definition) is 0. The summed E-state index contributed by atoms with van der Waals surface area (Å²) in [4.78, 5) is 0. The first-order chi connectivity index (χ1) is 5.90. The molecule has 0 spiro atoms. The summed E-state index contributed by atoms with van der Waals surface area (Å²) in [6, 6.07) is 1.92. The molecule has 0 aromatic rings. The fourth-order valence-corrected chi connectivity index (χ4v) is 2.36. The molecule has 0 saturated heterocycles. The van der Waals surface area contributed by atoms with Crippen molar-refractivity contribution in [2.75, 3.05) is 19.3 Å². The Hall–Kier alpha value is -0.600. The molecule has 0 aliphatic carbocycles. The van der Waals surface area contributed by atoms with E-state index in [4.69, 9.17) is 5.26 Å². The molecule has 0 fully saturated rings. The Kier molecular flexibility index (Phi) is 4.96. The van der Waals surface area contributed by atoms with Crippen LogP contribution in [0.3, 0.4) is 0 Å². The molecule has 0 N–H and O–H groups in total. The summed E-state index contributed by atoms with van der Waals surface area (Å²) in [5.41, 5.74) is 0. The van der Waals surface area contributed by atoms with Gasteiger partial charge in [-0.2, -0.15) is 5.26 Å². The second-order valence-corrected chi connectivity index (χ2v) is 5.52. The van der Waals surface area contributed by atoms with Gasteiger partial charge in [0, 0.05) is 20.0 Å². The first kappa shape index (κ1) is 12.4. The van der Waals surface area contributed by atoms with Crippen LogP contribution in [0.1, 0.15) is 20.3 Å². The summed E-state index contributed by atoms with van der Waals surface area (Å²) < 4.78 is 24.2. The van der Waals surface area contributed by atoms with E-state index >= 15 is 0 Å². The summed E-state index contributed by atoms with van der Waals surface area (Å²) in [6.45, 7) is 4.00. The van der Waals surface area contributed by atoms with Crippen LogP contribution in [0.15, 0.2) is 0 Å². The normalized spacial score (nSPS) is 12.0. The van der Waals surface area contributed by atoms with Crippen molar-refractivity contribution in [2.45, 2.75) is 20.3 Å². The van der Waals surface area contributed by atoms with Gasteiger partial charge >= 0.3 is 0 Å². The van der Waals surface area contributed by atoms with Crippen molar-refractivity contribution in [1.82, 2.24) is 4.31 Å². The van der Waals surface area contributed by atoms with Gasteiger partial charge in [0.05, 0.1) is 11.8 Å². The Labute approximate surface area is 80.2 Å². The maximum absolute atomic E-state index is 11.5. The van der Waals surface area contributed by atoms with Gasteiger partial charge in [-0.3, -0.25) is 0 Å². The van der Waals surface area contributed by atoms with E-state index in [9.17, 15) is 8.42 Å². The number of nitrogens with zero attached hydrogens (tertiary/aromatic N) is 2. The highest BCUT2D eigenvalue weighted by Crippen LogP contribution is 2.05. The predicted octanol–water partition coefficient (Wildman–Crippen LogP) is 0.818. The lowest BCUT2D eigenvalue weighted by Gasteiger charge is -2.16. The molecule has 0 heterocycles. The fraction of sp³-hybridized carbons (Fsp3) is 0.875. The minimum absolute atomic E-state index is 0.120. The third-order valence-corrected chi connectivity index (χ3v) is 3.78. The van der Waals surface area contributed by atoms with Gasteiger partial charge < -0.3 is 0 Å². The summed E-state index contributed by atoms with van der Waals surface area (Å²) in [7, 11) is -1.64.